The molecular weight excluding hydrogens is 234 g/mol. The predicted octanol–water partition coefficient (Wildman–Crippen LogP) is 3.21. The van der Waals surface area contributed by atoms with Crippen LogP contribution in [0.15, 0.2) is 18.2 Å². The van der Waals surface area contributed by atoms with Crippen molar-refractivity contribution in [3.8, 4) is 0 Å². The van der Waals surface area contributed by atoms with E-state index < -0.39 is 0 Å². The van der Waals surface area contributed by atoms with Gasteiger partial charge in [-0.2, -0.15) is 0 Å². The van der Waals surface area contributed by atoms with E-state index >= 15 is 0 Å². The van der Waals surface area contributed by atoms with Gasteiger partial charge in [-0.25, -0.2) is 0 Å². The van der Waals surface area contributed by atoms with Crippen molar-refractivity contribution in [1.29, 1.82) is 0 Å². The Morgan fingerprint density at radius 2 is 2.05 bits per heavy atom. The van der Waals surface area contributed by atoms with Gasteiger partial charge in [0, 0.05) is 12.1 Å². The van der Waals surface area contributed by atoms with Gasteiger partial charge in [0.1, 0.15) is 0 Å². The molecule has 0 unspecified atom stereocenters. The predicted molar refractivity (Wildman–Crippen MR) is 78.2 cm³/mol. The molecule has 1 aliphatic carbocycles. The molecule has 0 radical (unpaired) electrons. The van der Waals surface area contributed by atoms with Crippen molar-refractivity contribution in [3.63, 3.8) is 0 Å². The van der Waals surface area contributed by atoms with E-state index in [4.69, 9.17) is 0 Å². The zero-order valence-corrected chi connectivity index (χ0v) is 12.3. The normalized spacial score (nSPS) is 32.5. The molecule has 4 atom stereocenters. The van der Waals surface area contributed by atoms with Crippen LogP contribution in [0.2, 0.25) is 0 Å². The second-order valence-electron chi connectivity index (χ2n) is 6.53. The molecule has 1 saturated carbocycles. The fourth-order valence-electron chi connectivity index (χ4n) is 4.19. The number of benzene rings is 1. The van der Waals surface area contributed by atoms with Gasteiger partial charge in [0.05, 0.1) is 6.10 Å². The fourth-order valence-corrected chi connectivity index (χ4v) is 4.19. The number of likely N-dealkylation sites (tertiary alicyclic amines) is 1. The largest absolute Gasteiger partial charge is 0.387 e. The summed E-state index contributed by atoms with van der Waals surface area (Å²) < 4.78 is 0. The number of likely N-dealkylation sites (N-methyl/N-ethyl adjacent to an activating group) is 1. The highest BCUT2D eigenvalue weighted by molar-refractivity contribution is 5.33. The second-order valence-corrected chi connectivity index (χ2v) is 6.53. The average Bonchev–Trinajstić information content (AvgIpc) is 2.95. The van der Waals surface area contributed by atoms with Gasteiger partial charge < -0.3 is 5.11 Å². The molecule has 0 aromatic heterocycles. The van der Waals surface area contributed by atoms with Crippen LogP contribution < -0.4 is 0 Å². The van der Waals surface area contributed by atoms with Crippen LogP contribution in [0.25, 0.3) is 0 Å². The maximum atomic E-state index is 10.8. The molecule has 3 rings (SSSR count). The topological polar surface area (TPSA) is 23.5 Å². The van der Waals surface area contributed by atoms with Crippen LogP contribution in [-0.4, -0.2) is 29.1 Å². The first-order chi connectivity index (χ1) is 9.08. The Bertz CT molecular complexity index is 470. The van der Waals surface area contributed by atoms with Crippen molar-refractivity contribution >= 4 is 0 Å². The third-order valence-corrected chi connectivity index (χ3v) is 5.33. The van der Waals surface area contributed by atoms with Crippen LogP contribution in [0.4, 0.5) is 0 Å². The van der Waals surface area contributed by atoms with E-state index in [2.05, 4.69) is 44.0 Å². The number of aryl methyl sites for hydroxylation is 2. The third kappa shape index (κ3) is 2.21. The Balaban J connectivity index is 1.84. The van der Waals surface area contributed by atoms with Gasteiger partial charge in [-0.3, -0.25) is 4.90 Å². The summed E-state index contributed by atoms with van der Waals surface area (Å²) in [5.41, 5.74) is 3.57. The van der Waals surface area contributed by atoms with Crippen molar-refractivity contribution in [3.05, 3.63) is 34.9 Å². The molecule has 1 N–H and O–H groups in total. The smallest absolute Gasteiger partial charge is 0.0947 e. The lowest BCUT2D eigenvalue weighted by molar-refractivity contribution is 0.0704. The zero-order valence-electron chi connectivity index (χ0n) is 12.3. The van der Waals surface area contributed by atoms with Crippen molar-refractivity contribution in [2.75, 3.05) is 7.05 Å². The molecule has 2 nitrogen and oxygen atoms in total. The maximum absolute atomic E-state index is 10.8. The third-order valence-electron chi connectivity index (χ3n) is 5.33. The Kier molecular flexibility index (Phi) is 3.40. The Morgan fingerprint density at radius 1 is 1.26 bits per heavy atom. The summed E-state index contributed by atoms with van der Waals surface area (Å²) in [6, 6.07) is 7.42. The molecule has 1 aromatic carbocycles. The summed E-state index contributed by atoms with van der Waals surface area (Å²) in [5.74, 6) is 0.815. The Labute approximate surface area is 116 Å². The molecule has 2 aliphatic rings. The molecule has 2 heteroatoms. The average molecular weight is 259 g/mol. The minimum atomic E-state index is -0.338. The fraction of sp³-hybridized carbons (Fsp3) is 0.647. The van der Waals surface area contributed by atoms with E-state index in [1.807, 2.05) is 0 Å². The summed E-state index contributed by atoms with van der Waals surface area (Å²) in [7, 11) is 2.20. The van der Waals surface area contributed by atoms with Crippen LogP contribution >= 0.6 is 0 Å². The number of aliphatic hydroxyl groups excluding tert-OH is 1. The van der Waals surface area contributed by atoms with Gasteiger partial charge in [-0.05, 0) is 57.2 Å². The lowest BCUT2D eigenvalue weighted by Gasteiger charge is -2.29. The standard InChI is InChI=1S/C17H25NO/c1-11-7-8-12(2)14(9-11)17(19)16-10-13-5-4-6-15(13)18(16)3/h7-9,13,15-17,19H,4-6,10H2,1-3H3/t13-,15-,16+,17-/m1/s1. The second kappa shape index (κ2) is 4.92. The first-order valence-corrected chi connectivity index (χ1v) is 7.55. The summed E-state index contributed by atoms with van der Waals surface area (Å²) >= 11 is 0. The molecule has 1 aromatic rings. The molecule has 0 bridgehead atoms. The van der Waals surface area contributed by atoms with E-state index in [9.17, 15) is 5.11 Å². The number of aliphatic hydroxyl groups is 1. The SMILES string of the molecule is Cc1ccc(C)c([C@@H](O)[C@@H]2C[C@H]3CCC[C@H]3N2C)c1. The summed E-state index contributed by atoms with van der Waals surface area (Å²) in [4.78, 5) is 2.45. The zero-order chi connectivity index (χ0) is 13.6. The van der Waals surface area contributed by atoms with E-state index in [1.165, 1.54) is 30.4 Å². The minimum absolute atomic E-state index is 0.302. The molecule has 104 valence electrons. The minimum Gasteiger partial charge on any atom is -0.387 e. The van der Waals surface area contributed by atoms with Crippen LogP contribution in [0.1, 0.15) is 48.5 Å². The molecule has 1 saturated heterocycles. The maximum Gasteiger partial charge on any atom is 0.0947 e. The van der Waals surface area contributed by atoms with E-state index in [-0.39, 0.29) is 6.10 Å². The van der Waals surface area contributed by atoms with Gasteiger partial charge in [0.15, 0.2) is 0 Å². The number of fused-ring (bicyclic) bond motifs is 1. The lowest BCUT2D eigenvalue weighted by Crippen LogP contribution is -2.36. The lowest BCUT2D eigenvalue weighted by atomic mass is 9.92. The van der Waals surface area contributed by atoms with Crippen molar-refractivity contribution in [2.24, 2.45) is 5.92 Å². The number of hydrogen-bond donors (Lipinski definition) is 1. The van der Waals surface area contributed by atoms with Gasteiger partial charge in [-0.15, -0.1) is 0 Å². The molecule has 19 heavy (non-hydrogen) atoms. The van der Waals surface area contributed by atoms with Crippen molar-refractivity contribution < 1.29 is 5.11 Å². The first-order valence-electron chi connectivity index (χ1n) is 7.55. The monoisotopic (exact) mass is 259 g/mol. The van der Waals surface area contributed by atoms with Gasteiger partial charge >= 0.3 is 0 Å². The highest BCUT2D eigenvalue weighted by atomic mass is 16.3. The number of rotatable bonds is 2. The van der Waals surface area contributed by atoms with E-state index in [1.54, 1.807) is 0 Å². The Hall–Kier alpha value is -0.860. The molecule has 1 heterocycles. The van der Waals surface area contributed by atoms with E-state index in [0.717, 1.165) is 17.9 Å². The highest BCUT2D eigenvalue weighted by Gasteiger charge is 2.44. The van der Waals surface area contributed by atoms with Crippen LogP contribution in [-0.2, 0) is 0 Å². The van der Waals surface area contributed by atoms with Crippen LogP contribution in [0, 0.1) is 19.8 Å². The van der Waals surface area contributed by atoms with Gasteiger partial charge in [0.25, 0.3) is 0 Å². The van der Waals surface area contributed by atoms with E-state index in [0.29, 0.717) is 12.1 Å². The van der Waals surface area contributed by atoms with Crippen LogP contribution in [0.3, 0.4) is 0 Å². The highest BCUT2D eigenvalue weighted by Crippen LogP contribution is 2.44. The molecular formula is C17H25NO. The summed E-state index contributed by atoms with van der Waals surface area (Å²) in [6.45, 7) is 4.20. The van der Waals surface area contributed by atoms with Gasteiger partial charge in [-0.1, -0.05) is 30.2 Å². The van der Waals surface area contributed by atoms with Crippen molar-refractivity contribution in [1.82, 2.24) is 4.90 Å². The number of nitrogens with zero attached hydrogens (tertiary/aromatic N) is 1. The molecule has 1 aliphatic heterocycles. The quantitative estimate of drug-likeness (QED) is 0.881. The van der Waals surface area contributed by atoms with Crippen molar-refractivity contribution in [2.45, 2.75) is 57.7 Å². The van der Waals surface area contributed by atoms with Crippen LogP contribution in [0.5, 0.6) is 0 Å². The molecule has 0 spiro atoms. The van der Waals surface area contributed by atoms with Gasteiger partial charge in [0.2, 0.25) is 0 Å². The number of hydrogen-bond acceptors (Lipinski definition) is 2. The molecule has 0 amide bonds. The Morgan fingerprint density at radius 3 is 2.79 bits per heavy atom. The first kappa shape index (κ1) is 13.1. The molecule has 2 fully saturated rings. The summed E-state index contributed by atoms with van der Waals surface area (Å²) in [6.07, 6.45) is 4.86. The summed E-state index contributed by atoms with van der Waals surface area (Å²) in [5, 5.41) is 10.8.